The Bertz CT molecular complexity index is 430. The van der Waals surface area contributed by atoms with Crippen molar-refractivity contribution in [1.29, 1.82) is 0 Å². The van der Waals surface area contributed by atoms with Crippen LogP contribution < -0.4 is 10.0 Å². The highest BCUT2D eigenvalue weighted by Crippen LogP contribution is 2.07. The van der Waals surface area contributed by atoms with Gasteiger partial charge in [-0.1, -0.05) is 0 Å². The van der Waals surface area contributed by atoms with E-state index in [2.05, 4.69) is 15.0 Å². The molecule has 0 aliphatic heterocycles. The second-order valence-corrected chi connectivity index (χ2v) is 3.28. The number of carbonyl (C=O) groups is 1. The molecule has 0 atom stereocenters. The lowest BCUT2D eigenvalue weighted by Crippen LogP contribution is -2.41. The standard InChI is InChI=1S/C4H5N5O4S/c5-3(10)9(14(11,12)13)4-7-1-6-2-8-4/h1-2H,(H2,5,10)(H,11,12,13). The molecular weight excluding hydrogens is 214 g/mol. The Balaban J connectivity index is 3.22. The minimum atomic E-state index is -4.81. The Kier molecular flexibility index (Phi) is 2.58. The largest absolute Gasteiger partial charge is 0.370 e. The number of aromatic nitrogens is 3. The molecule has 1 heterocycles. The molecule has 0 aliphatic rings. The van der Waals surface area contributed by atoms with Gasteiger partial charge in [-0.05, 0) is 0 Å². The van der Waals surface area contributed by atoms with Crippen molar-refractivity contribution < 1.29 is 17.8 Å². The molecule has 0 saturated heterocycles. The molecular formula is C4H5N5O4S. The van der Waals surface area contributed by atoms with E-state index < -0.39 is 22.3 Å². The summed E-state index contributed by atoms with van der Waals surface area (Å²) in [6, 6.07) is -1.42. The smallest absolute Gasteiger partial charge is 0.350 e. The molecule has 1 aromatic rings. The van der Waals surface area contributed by atoms with Gasteiger partial charge in [0.2, 0.25) is 0 Å². The van der Waals surface area contributed by atoms with Crippen molar-refractivity contribution in [3.8, 4) is 0 Å². The van der Waals surface area contributed by atoms with Crippen molar-refractivity contribution >= 4 is 22.3 Å². The lowest BCUT2D eigenvalue weighted by atomic mass is 10.9. The van der Waals surface area contributed by atoms with Gasteiger partial charge in [0.15, 0.2) is 0 Å². The number of anilines is 1. The average molecular weight is 219 g/mol. The second kappa shape index (κ2) is 3.51. The van der Waals surface area contributed by atoms with E-state index in [0.29, 0.717) is 0 Å². The Morgan fingerprint density at radius 1 is 1.43 bits per heavy atom. The molecule has 0 bridgehead atoms. The van der Waals surface area contributed by atoms with Gasteiger partial charge in [-0.25, -0.2) is 9.78 Å². The number of primary amides is 1. The Hall–Kier alpha value is -1.81. The number of amides is 2. The fourth-order valence-corrected chi connectivity index (χ4v) is 1.18. The first-order chi connectivity index (χ1) is 6.43. The van der Waals surface area contributed by atoms with Crippen molar-refractivity contribution in [2.24, 2.45) is 5.73 Å². The Morgan fingerprint density at radius 3 is 2.29 bits per heavy atom. The molecule has 0 aliphatic carbocycles. The Morgan fingerprint density at radius 2 is 1.93 bits per heavy atom. The summed E-state index contributed by atoms with van der Waals surface area (Å²) >= 11 is 0. The van der Waals surface area contributed by atoms with Gasteiger partial charge in [-0.2, -0.15) is 18.4 Å². The van der Waals surface area contributed by atoms with Crippen LogP contribution in [-0.2, 0) is 10.3 Å². The van der Waals surface area contributed by atoms with E-state index in [-0.39, 0.29) is 4.31 Å². The summed E-state index contributed by atoms with van der Waals surface area (Å²) in [6.07, 6.45) is 1.90. The fourth-order valence-electron chi connectivity index (χ4n) is 0.653. The monoisotopic (exact) mass is 219 g/mol. The first-order valence-electron chi connectivity index (χ1n) is 3.12. The summed E-state index contributed by atoms with van der Waals surface area (Å²) in [5, 5.41) is 0. The van der Waals surface area contributed by atoms with E-state index in [0.717, 1.165) is 12.7 Å². The van der Waals surface area contributed by atoms with E-state index in [1.807, 2.05) is 0 Å². The molecule has 0 fully saturated rings. The molecule has 0 unspecified atom stereocenters. The number of rotatable bonds is 2. The first kappa shape index (κ1) is 10.3. The van der Waals surface area contributed by atoms with Crippen LogP contribution in [-0.4, -0.2) is 34.0 Å². The topological polar surface area (TPSA) is 139 Å². The highest BCUT2D eigenvalue weighted by Gasteiger charge is 2.27. The molecule has 0 aromatic carbocycles. The van der Waals surface area contributed by atoms with Gasteiger partial charge < -0.3 is 5.73 Å². The minimum Gasteiger partial charge on any atom is -0.350 e. The number of nitrogens with zero attached hydrogens (tertiary/aromatic N) is 4. The quantitative estimate of drug-likeness (QED) is 0.580. The van der Waals surface area contributed by atoms with E-state index in [1.54, 1.807) is 0 Å². The van der Waals surface area contributed by atoms with Gasteiger partial charge in [0.1, 0.15) is 12.7 Å². The Labute approximate surface area is 78.5 Å². The summed E-state index contributed by atoms with van der Waals surface area (Å²) in [6.45, 7) is 0. The van der Waals surface area contributed by atoms with Crippen LogP contribution in [0.4, 0.5) is 10.7 Å². The lowest BCUT2D eigenvalue weighted by Gasteiger charge is -2.12. The molecule has 1 rings (SSSR count). The zero-order valence-electron chi connectivity index (χ0n) is 6.60. The maximum absolute atomic E-state index is 10.7. The first-order valence-corrected chi connectivity index (χ1v) is 4.52. The van der Waals surface area contributed by atoms with Crippen molar-refractivity contribution in [1.82, 2.24) is 15.0 Å². The number of urea groups is 1. The van der Waals surface area contributed by atoms with Crippen LogP contribution in [0.3, 0.4) is 0 Å². The predicted octanol–water partition coefficient (Wildman–Crippen LogP) is -1.44. The molecule has 3 N–H and O–H groups in total. The van der Waals surface area contributed by atoms with Gasteiger partial charge in [0.05, 0.1) is 0 Å². The maximum atomic E-state index is 10.7. The van der Waals surface area contributed by atoms with E-state index in [1.165, 1.54) is 0 Å². The summed E-state index contributed by atoms with van der Waals surface area (Å²) in [5.41, 5.74) is 4.70. The van der Waals surface area contributed by atoms with Gasteiger partial charge in [-0.3, -0.25) is 4.55 Å². The molecule has 1 aromatic heterocycles. The molecule has 0 saturated carbocycles. The minimum absolute atomic E-state index is 0.158. The van der Waals surface area contributed by atoms with Crippen LogP contribution in [0.1, 0.15) is 0 Å². The van der Waals surface area contributed by atoms with Crippen molar-refractivity contribution in [2.75, 3.05) is 4.31 Å². The second-order valence-electron chi connectivity index (χ2n) is 2.02. The van der Waals surface area contributed by atoms with Gasteiger partial charge in [0.25, 0.3) is 5.95 Å². The van der Waals surface area contributed by atoms with Crippen molar-refractivity contribution in [3.63, 3.8) is 0 Å². The zero-order chi connectivity index (χ0) is 10.8. The normalized spacial score (nSPS) is 10.9. The highest BCUT2D eigenvalue weighted by atomic mass is 32.2. The summed E-state index contributed by atoms with van der Waals surface area (Å²) in [7, 11) is -4.81. The molecule has 9 nitrogen and oxygen atoms in total. The van der Waals surface area contributed by atoms with E-state index in [4.69, 9.17) is 10.3 Å². The fraction of sp³-hybridized carbons (Fsp3) is 0. The summed E-state index contributed by atoms with van der Waals surface area (Å²) in [4.78, 5) is 20.7. The van der Waals surface area contributed by atoms with Crippen molar-refractivity contribution in [2.45, 2.75) is 0 Å². The van der Waals surface area contributed by atoms with Gasteiger partial charge >= 0.3 is 16.3 Å². The third-order valence-corrected chi connectivity index (χ3v) is 1.90. The molecule has 2 amide bonds. The van der Waals surface area contributed by atoms with E-state index >= 15 is 0 Å². The van der Waals surface area contributed by atoms with Crippen LogP contribution in [0.5, 0.6) is 0 Å². The predicted molar refractivity (Wildman–Crippen MR) is 43.4 cm³/mol. The summed E-state index contributed by atoms with van der Waals surface area (Å²) in [5.74, 6) is -0.574. The zero-order valence-corrected chi connectivity index (χ0v) is 7.42. The number of nitrogens with two attached hydrogens (primary N) is 1. The summed E-state index contributed by atoms with van der Waals surface area (Å²) < 4.78 is 29.7. The lowest BCUT2D eigenvalue weighted by molar-refractivity contribution is 0.256. The van der Waals surface area contributed by atoms with Crippen LogP contribution in [0, 0.1) is 0 Å². The average Bonchev–Trinajstić information content (AvgIpc) is 2.02. The van der Waals surface area contributed by atoms with Gasteiger partial charge in [0, 0.05) is 0 Å². The SMILES string of the molecule is NC(=O)N(c1ncncn1)S(=O)(=O)O. The number of hydrogen-bond donors (Lipinski definition) is 2. The van der Waals surface area contributed by atoms with Gasteiger partial charge in [-0.15, -0.1) is 4.31 Å². The third kappa shape index (κ3) is 2.11. The molecule has 14 heavy (non-hydrogen) atoms. The highest BCUT2D eigenvalue weighted by molar-refractivity contribution is 7.88. The van der Waals surface area contributed by atoms with Crippen LogP contribution in [0.2, 0.25) is 0 Å². The van der Waals surface area contributed by atoms with Crippen molar-refractivity contribution in [3.05, 3.63) is 12.7 Å². The van der Waals surface area contributed by atoms with Crippen LogP contribution in [0.25, 0.3) is 0 Å². The van der Waals surface area contributed by atoms with Crippen LogP contribution >= 0.6 is 0 Å². The maximum Gasteiger partial charge on any atom is 0.370 e. The number of hydrogen-bond acceptors (Lipinski definition) is 6. The van der Waals surface area contributed by atoms with Crippen LogP contribution in [0.15, 0.2) is 12.7 Å². The molecule has 0 spiro atoms. The molecule has 76 valence electrons. The van der Waals surface area contributed by atoms with E-state index in [9.17, 15) is 13.2 Å². The molecule has 0 radical (unpaired) electrons. The number of carbonyl (C=O) groups excluding carboxylic acids is 1. The third-order valence-electron chi connectivity index (χ3n) is 1.09. The molecule has 10 heteroatoms.